The topological polar surface area (TPSA) is 46.8 Å². The number of hydrogen-bond donors (Lipinski definition) is 0. The molecule has 2 aromatic rings. The van der Waals surface area contributed by atoms with Crippen LogP contribution in [0.4, 0.5) is 0 Å². The summed E-state index contributed by atoms with van der Waals surface area (Å²) in [5, 5.41) is 12.7. The number of tetrazole rings is 1. The molecule has 0 saturated carbocycles. The molecule has 0 bridgehead atoms. The van der Waals surface area contributed by atoms with Crippen LogP contribution >= 0.6 is 0 Å². The summed E-state index contributed by atoms with van der Waals surface area (Å²) < 4.78 is 1.98. The molecule has 2 heterocycles. The van der Waals surface area contributed by atoms with Crippen molar-refractivity contribution < 1.29 is 0 Å². The molecule has 1 aliphatic heterocycles. The van der Waals surface area contributed by atoms with Gasteiger partial charge in [-0.25, -0.2) is 4.68 Å². The van der Waals surface area contributed by atoms with Gasteiger partial charge in [-0.1, -0.05) is 36.8 Å². The molecule has 1 saturated heterocycles. The summed E-state index contributed by atoms with van der Waals surface area (Å²) in [6.45, 7) is 13.1. The maximum atomic E-state index is 4.44. The molecule has 0 aliphatic carbocycles. The fraction of sp³-hybridized carbons (Fsp3) is 0.632. The number of aromatic nitrogens is 4. The van der Waals surface area contributed by atoms with E-state index in [0.29, 0.717) is 0 Å². The summed E-state index contributed by atoms with van der Waals surface area (Å²) in [4.78, 5) is 2.54. The van der Waals surface area contributed by atoms with Crippen LogP contribution in [-0.4, -0.2) is 38.2 Å². The summed E-state index contributed by atoms with van der Waals surface area (Å²) in [5.41, 5.74) is 2.42. The second-order valence-electron chi connectivity index (χ2n) is 8.15. The zero-order valence-corrected chi connectivity index (χ0v) is 15.5. The molecule has 1 aromatic heterocycles. The summed E-state index contributed by atoms with van der Waals surface area (Å²) in [5.74, 6) is 1.75. The molecule has 0 N–H and O–H groups in total. The molecule has 5 heteroatoms. The first-order valence-electron chi connectivity index (χ1n) is 8.95. The maximum absolute atomic E-state index is 4.44. The molecule has 1 aliphatic rings. The van der Waals surface area contributed by atoms with E-state index in [2.05, 4.69) is 79.3 Å². The minimum absolute atomic E-state index is 0.118. The van der Waals surface area contributed by atoms with E-state index in [9.17, 15) is 0 Å². The van der Waals surface area contributed by atoms with Crippen LogP contribution in [0.5, 0.6) is 0 Å². The summed E-state index contributed by atoms with van der Waals surface area (Å²) >= 11 is 0. The first-order valence-corrected chi connectivity index (χ1v) is 8.95. The first kappa shape index (κ1) is 17.1. The van der Waals surface area contributed by atoms with Crippen LogP contribution in [0.15, 0.2) is 24.3 Å². The molecule has 0 spiro atoms. The second-order valence-corrected chi connectivity index (χ2v) is 8.15. The normalized spacial score (nSPS) is 18.7. The Morgan fingerprint density at radius 3 is 2.29 bits per heavy atom. The van der Waals surface area contributed by atoms with Crippen LogP contribution in [0.3, 0.4) is 0 Å². The van der Waals surface area contributed by atoms with Gasteiger partial charge in [-0.3, -0.25) is 4.90 Å². The SMILES string of the molecule is Cc1ccc([C@@H](c2nnnn2C(C)(C)C)N2CCC(C)CC2)cc1. The predicted molar refractivity (Wildman–Crippen MR) is 95.8 cm³/mol. The van der Waals surface area contributed by atoms with E-state index >= 15 is 0 Å². The quantitative estimate of drug-likeness (QED) is 0.865. The zero-order valence-electron chi connectivity index (χ0n) is 15.5. The van der Waals surface area contributed by atoms with Gasteiger partial charge in [0.2, 0.25) is 0 Å². The van der Waals surface area contributed by atoms with Gasteiger partial charge in [-0.2, -0.15) is 0 Å². The van der Waals surface area contributed by atoms with Gasteiger partial charge < -0.3 is 0 Å². The van der Waals surface area contributed by atoms with Gasteiger partial charge >= 0.3 is 0 Å². The first-order chi connectivity index (χ1) is 11.4. The van der Waals surface area contributed by atoms with Crippen molar-refractivity contribution in [2.75, 3.05) is 13.1 Å². The summed E-state index contributed by atoms with van der Waals surface area (Å²) in [6.07, 6.45) is 2.47. The van der Waals surface area contributed by atoms with Crippen LogP contribution in [0.2, 0.25) is 0 Å². The second kappa shape index (κ2) is 6.63. The fourth-order valence-corrected chi connectivity index (χ4v) is 3.40. The van der Waals surface area contributed by atoms with E-state index in [4.69, 9.17) is 0 Å². The third-order valence-corrected chi connectivity index (χ3v) is 4.95. The number of nitrogens with zero attached hydrogens (tertiary/aromatic N) is 5. The van der Waals surface area contributed by atoms with Gasteiger partial charge in [0.25, 0.3) is 0 Å². The van der Waals surface area contributed by atoms with Gasteiger partial charge in [0.15, 0.2) is 5.82 Å². The predicted octanol–water partition coefficient (Wildman–Crippen LogP) is 3.56. The molecule has 1 aromatic carbocycles. The number of rotatable bonds is 3. The lowest BCUT2D eigenvalue weighted by molar-refractivity contribution is 0.145. The van der Waals surface area contributed by atoms with Crippen LogP contribution in [0.1, 0.15) is 63.5 Å². The average molecular weight is 327 g/mol. The Labute approximate surface area is 145 Å². The van der Waals surface area contributed by atoms with Gasteiger partial charge in [0.05, 0.1) is 11.6 Å². The highest BCUT2D eigenvalue weighted by molar-refractivity contribution is 5.28. The summed E-state index contributed by atoms with van der Waals surface area (Å²) in [7, 11) is 0. The number of benzene rings is 1. The Morgan fingerprint density at radius 2 is 1.71 bits per heavy atom. The van der Waals surface area contributed by atoms with E-state index in [1.807, 2.05) is 4.68 Å². The van der Waals surface area contributed by atoms with Crippen molar-refractivity contribution in [1.29, 1.82) is 0 Å². The maximum Gasteiger partial charge on any atom is 0.173 e. The molecule has 1 fully saturated rings. The largest absolute Gasteiger partial charge is 0.290 e. The van der Waals surface area contributed by atoms with Gasteiger partial charge in [0.1, 0.15) is 0 Å². The number of likely N-dealkylation sites (tertiary alicyclic amines) is 1. The molecule has 0 amide bonds. The van der Waals surface area contributed by atoms with Crippen molar-refractivity contribution in [3.63, 3.8) is 0 Å². The highest BCUT2D eigenvalue weighted by Gasteiger charge is 2.32. The summed E-state index contributed by atoms with van der Waals surface area (Å²) in [6, 6.07) is 8.92. The van der Waals surface area contributed by atoms with Crippen molar-refractivity contribution in [1.82, 2.24) is 25.1 Å². The van der Waals surface area contributed by atoms with Crippen LogP contribution in [0, 0.1) is 12.8 Å². The Balaban J connectivity index is 2.02. The van der Waals surface area contributed by atoms with Gasteiger partial charge in [-0.15, -0.1) is 5.10 Å². The molecular weight excluding hydrogens is 298 g/mol. The van der Waals surface area contributed by atoms with Crippen molar-refractivity contribution >= 4 is 0 Å². The Kier molecular flexibility index (Phi) is 4.72. The molecule has 0 unspecified atom stereocenters. The van der Waals surface area contributed by atoms with E-state index in [1.165, 1.54) is 24.0 Å². The number of piperidine rings is 1. The lowest BCUT2D eigenvalue weighted by atomic mass is 9.94. The van der Waals surface area contributed by atoms with Gasteiger partial charge in [-0.05, 0) is 75.5 Å². The molecule has 3 rings (SSSR count). The molecule has 24 heavy (non-hydrogen) atoms. The van der Waals surface area contributed by atoms with Crippen molar-refractivity contribution in [2.45, 2.75) is 59.0 Å². The third kappa shape index (κ3) is 3.51. The molecule has 0 radical (unpaired) electrons. The number of aryl methyl sites for hydroxylation is 1. The van der Waals surface area contributed by atoms with E-state index in [0.717, 1.165) is 24.8 Å². The Hall–Kier alpha value is -1.75. The van der Waals surface area contributed by atoms with Crippen molar-refractivity contribution in [3.8, 4) is 0 Å². The van der Waals surface area contributed by atoms with Crippen LogP contribution < -0.4 is 0 Å². The van der Waals surface area contributed by atoms with E-state index < -0.39 is 0 Å². The Morgan fingerprint density at radius 1 is 1.08 bits per heavy atom. The van der Waals surface area contributed by atoms with Gasteiger partial charge in [0, 0.05) is 0 Å². The van der Waals surface area contributed by atoms with Crippen LogP contribution in [-0.2, 0) is 5.54 Å². The monoisotopic (exact) mass is 327 g/mol. The highest BCUT2D eigenvalue weighted by atomic mass is 15.6. The Bertz CT molecular complexity index is 660. The molecule has 5 nitrogen and oxygen atoms in total. The fourth-order valence-electron chi connectivity index (χ4n) is 3.40. The minimum atomic E-state index is -0.134. The van der Waals surface area contributed by atoms with Crippen molar-refractivity contribution in [2.24, 2.45) is 5.92 Å². The smallest absolute Gasteiger partial charge is 0.173 e. The minimum Gasteiger partial charge on any atom is -0.290 e. The molecule has 130 valence electrons. The lowest BCUT2D eigenvalue weighted by Crippen LogP contribution is -2.39. The standard InChI is InChI=1S/C19H29N5/c1-14-6-8-16(9-7-14)17(23-12-10-15(2)11-13-23)18-20-21-22-24(18)19(3,4)5/h6-9,15,17H,10-13H2,1-5H3/t17-/m0/s1. The third-order valence-electron chi connectivity index (χ3n) is 4.95. The lowest BCUT2D eigenvalue weighted by Gasteiger charge is -2.37. The van der Waals surface area contributed by atoms with E-state index in [-0.39, 0.29) is 11.6 Å². The zero-order chi connectivity index (χ0) is 17.3. The molecular formula is C19H29N5. The van der Waals surface area contributed by atoms with Crippen LogP contribution in [0.25, 0.3) is 0 Å². The molecule has 1 atom stereocenters. The highest BCUT2D eigenvalue weighted by Crippen LogP contribution is 2.32. The van der Waals surface area contributed by atoms with Crippen molar-refractivity contribution in [3.05, 3.63) is 41.2 Å². The number of hydrogen-bond acceptors (Lipinski definition) is 4. The van der Waals surface area contributed by atoms with E-state index in [1.54, 1.807) is 0 Å². The average Bonchev–Trinajstić information content (AvgIpc) is 3.01.